The van der Waals surface area contributed by atoms with E-state index in [0.717, 1.165) is 35.3 Å². The monoisotopic (exact) mass is 267 g/mol. The first-order valence-corrected chi connectivity index (χ1v) is 6.73. The van der Waals surface area contributed by atoms with Gasteiger partial charge in [-0.1, -0.05) is 31.5 Å². The average Bonchev–Trinajstić information content (AvgIpc) is 3.10. The van der Waals surface area contributed by atoms with Gasteiger partial charge in [0.2, 0.25) is 0 Å². The number of para-hydroxylation sites is 1. The van der Waals surface area contributed by atoms with E-state index in [0.29, 0.717) is 5.82 Å². The van der Waals surface area contributed by atoms with Crippen LogP contribution in [-0.2, 0) is 6.42 Å². The molecule has 0 bridgehead atoms. The Kier molecular flexibility index (Phi) is 3.25. The van der Waals surface area contributed by atoms with Crippen molar-refractivity contribution in [2.24, 2.45) is 0 Å². The van der Waals surface area contributed by atoms with E-state index in [1.54, 1.807) is 10.9 Å². The maximum atomic E-state index is 6.30. The fourth-order valence-corrected chi connectivity index (χ4v) is 2.34. The van der Waals surface area contributed by atoms with Crippen LogP contribution in [0, 0.1) is 0 Å². The summed E-state index contributed by atoms with van der Waals surface area (Å²) >= 11 is 0. The number of nitrogens with two attached hydrogens (primary N) is 1. The third kappa shape index (κ3) is 2.07. The summed E-state index contributed by atoms with van der Waals surface area (Å²) in [5.41, 5.74) is 10.2. The maximum Gasteiger partial charge on any atom is 0.131 e. The Bertz CT molecular complexity index is 683. The number of benzene rings is 1. The molecule has 0 saturated heterocycles. The predicted molar refractivity (Wildman–Crippen MR) is 79.6 cm³/mol. The number of anilines is 1. The first-order chi connectivity index (χ1) is 9.81. The van der Waals surface area contributed by atoms with E-state index in [1.165, 1.54) is 0 Å². The summed E-state index contributed by atoms with van der Waals surface area (Å²) in [5, 5.41) is 11.5. The number of aromatic nitrogens is 4. The second kappa shape index (κ2) is 5.21. The summed E-state index contributed by atoms with van der Waals surface area (Å²) in [7, 11) is 0. The molecule has 0 aliphatic heterocycles. The van der Waals surface area contributed by atoms with Gasteiger partial charge in [0, 0.05) is 17.3 Å². The van der Waals surface area contributed by atoms with E-state index in [4.69, 9.17) is 5.73 Å². The second-order valence-electron chi connectivity index (χ2n) is 4.70. The summed E-state index contributed by atoms with van der Waals surface area (Å²) in [5.74, 6) is 0.703. The molecule has 0 aliphatic rings. The van der Waals surface area contributed by atoms with Gasteiger partial charge in [0.1, 0.15) is 11.5 Å². The summed E-state index contributed by atoms with van der Waals surface area (Å²) in [6.45, 7) is 2.14. The van der Waals surface area contributed by atoms with Gasteiger partial charge in [-0.3, -0.25) is 5.10 Å². The zero-order chi connectivity index (χ0) is 13.9. The summed E-state index contributed by atoms with van der Waals surface area (Å²) < 4.78 is 1.80. The lowest BCUT2D eigenvalue weighted by molar-refractivity contribution is 0.892. The lowest BCUT2D eigenvalue weighted by Crippen LogP contribution is -2.02. The van der Waals surface area contributed by atoms with Crippen LogP contribution in [0.1, 0.15) is 18.9 Å². The molecule has 5 heteroatoms. The van der Waals surface area contributed by atoms with Gasteiger partial charge in [0.15, 0.2) is 0 Å². The molecule has 3 aromatic rings. The van der Waals surface area contributed by atoms with Crippen molar-refractivity contribution in [1.82, 2.24) is 20.0 Å². The van der Waals surface area contributed by atoms with Crippen LogP contribution in [0.2, 0.25) is 0 Å². The number of H-pyrrole nitrogens is 1. The molecule has 2 heterocycles. The second-order valence-corrected chi connectivity index (χ2v) is 4.70. The number of aromatic amines is 1. The van der Waals surface area contributed by atoms with Gasteiger partial charge < -0.3 is 5.73 Å². The third-order valence-electron chi connectivity index (χ3n) is 3.30. The standard InChI is InChI=1S/C15H17N5/c1-2-6-13-14(11-9-17-18-10-11)19-20(15(13)16)12-7-4-3-5-8-12/h3-5,7-10H,2,6,16H2,1H3,(H,17,18). The predicted octanol–water partition coefficient (Wildman–Crippen LogP) is 2.80. The van der Waals surface area contributed by atoms with Crippen LogP contribution < -0.4 is 5.73 Å². The Balaban J connectivity index is 2.16. The minimum atomic E-state index is 0.703. The van der Waals surface area contributed by atoms with Crippen molar-refractivity contribution < 1.29 is 0 Å². The normalized spacial score (nSPS) is 10.8. The highest BCUT2D eigenvalue weighted by Crippen LogP contribution is 2.29. The van der Waals surface area contributed by atoms with Crippen LogP contribution in [0.15, 0.2) is 42.7 Å². The van der Waals surface area contributed by atoms with Crippen molar-refractivity contribution in [3.63, 3.8) is 0 Å². The van der Waals surface area contributed by atoms with E-state index in [2.05, 4.69) is 22.2 Å². The highest BCUT2D eigenvalue weighted by Gasteiger charge is 2.17. The van der Waals surface area contributed by atoms with Crippen molar-refractivity contribution in [3.05, 3.63) is 48.3 Å². The molecule has 2 aromatic heterocycles. The highest BCUT2D eigenvalue weighted by atomic mass is 15.3. The molecule has 3 N–H and O–H groups in total. The number of nitrogens with one attached hydrogen (secondary N) is 1. The van der Waals surface area contributed by atoms with Crippen LogP contribution in [0.25, 0.3) is 16.9 Å². The number of hydrogen-bond acceptors (Lipinski definition) is 3. The minimum Gasteiger partial charge on any atom is -0.383 e. The van der Waals surface area contributed by atoms with Gasteiger partial charge in [-0.05, 0) is 18.6 Å². The van der Waals surface area contributed by atoms with Crippen LogP contribution in [0.3, 0.4) is 0 Å². The molecule has 5 nitrogen and oxygen atoms in total. The average molecular weight is 267 g/mol. The van der Waals surface area contributed by atoms with E-state index in [9.17, 15) is 0 Å². The molecular weight excluding hydrogens is 250 g/mol. The summed E-state index contributed by atoms with van der Waals surface area (Å²) in [4.78, 5) is 0. The molecule has 20 heavy (non-hydrogen) atoms. The zero-order valence-corrected chi connectivity index (χ0v) is 11.4. The molecule has 0 spiro atoms. The topological polar surface area (TPSA) is 72.5 Å². The van der Waals surface area contributed by atoms with Crippen molar-refractivity contribution in [2.45, 2.75) is 19.8 Å². The molecule has 0 fully saturated rings. The van der Waals surface area contributed by atoms with Crippen LogP contribution in [-0.4, -0.2) is 20.0 Å². The molecule has 3 rings (SSSR count). The molecule has 1 aromatic carbocycles. The molecule has 0 unspecified atom stereocenters. The maximum absolute atomic E-state index is 6.30. The van der Waals surface area contributed by atoms with Crippen molar-refractivity contribution in [3.8, 4) is 16.9 Å². The van der Waals surface area contributed by atoms with Gasteiger partial charge in [-0.2, -0.15) is 10.2 Å². The Morgan fingerprint density at radius 3 is 2.70 bits per heavy atom. The van der Waals surface area contributed by atoms with E-state index in [-0.39, 0.29) is 0 Å². The van der Waals surface area contributed by atoms with Gasteiger partial charge >= 0.3 is 0 Å². The van der Waals surface area contributed by atoms with Crippen LogP contribution in [0.5, 0.6) is 0 Å². The lowest BCUT2D eigenvalue weighted by atomic mass is 10.1. The zero-order valence-electron chi connectivity index (χ0n) is 11.4. The van der Waals surface area contributed by atoms with E-state index in [1.807, 2.05) is 36.5 Å². The summed E-state index contributed by atoms with van der Waals surface area (Å²) in [6, 6.07) is 9.94. The van der Waals surface area contributed by atoms with E-state index >= 15 is 0 Å². The van der Waals surface area contributed by atoms with Gasteiger partial charge in [-0.15, -0.1) is 0 Å². The van der Waals surface area contributed by atoms with Crippen molar-refractivity contribution in [2.75, 3.05) is 5.73 Å². The number of nitrogens with zero attached hydrogens (tertiary/aromatic N) is 3. The summed E-state index contributed by atoms with van der Waals surface area (Å²) in [6.07, 6.45) is 5.54. The Labute approximate surface area is 117 Å². The van der Waals surface area contributed by atoms with Gasteiger partial charge in [-0.25, -0.2) is 4.68 Å². The quantitative estimate of drug-likeness (QED) is 0.763. The fourth-order valence-electron chi connectivity index (χ4n) is 2.34. The van der Waals surface area contributed by atoms with Gasteiger partial charge in [0.05, 0.1) is 11.9 Å². The smallest absolute Gasteiger partial charge is 0.131 e. The molecule has 0 aliphatic carbocycles. The lowest BCUT2D eigenvalue weighted by Gasteiger charge is -2.04. The number of rotatable bonds is 4. The fraction of sp³-hybridized carbons (Fsp3) is 0.200. The Morgan fingerprint density at radius 1 is 1.25 bits per heavy atom. The van der Waals surface area contributed by atoms with Crippen molar-refractivity contribution >= 4 is 5.82 Å². The highest BCUT2D eigenvalue weighted by molar-refractivity contribution is 5.68. The largest absolute Gasteiger partial charge is 0.383 e. The molecule has 0 atom stereocenters. The molecule has 0 saturated carbocycles. The Hall–Kier alpha value is -2.56. The van der Waals surface area contributed by atoms with Crippen molar-refractivity contribution in [1.29, 1.82) is 0 Å². The molecular formula is C15H17N5. The van der Waals surface area contributed by atoms with E-state index < -0.39 is 0 Å². The SMILES string of the molecule is CCCc1c(-c2cn[nH]c2)nn(-c2ccccc2)c1N. The van der Waals surface area contributed by atoms with Crippen LogP contribution >= 0.6 is 0 Å². The Morgan fingerprint density at radius 2 is 2.05 bits per heavy atom. The third-order valence-corrected chi connectivity index (χ3v) is 3.30. The number of hydrogen-bond donors (Lipinski definition) is 2. The molecule has 0 radical (unpaired) electrons. The van der Waals surface area contributed by atoms with Gasteiger partial charge in [0.25, 0.3) is 0 Å². The molecule has 102 valence electrons. The first-order valence-electron chi connectivity index (χ1n) is 6.73. The first kappa shape index (κ1) is 12.5. The minimum absolute atomic E-state index is 0.703. The number of nitrogen functional groups attached to an aromatic ring is 1. The van der Waals surface area contributed by atoms with Crippen LogP contribution in [0.4, 0.5) is 5.82 Å². The molecule has 0 amide bonds.